The number of anilines is 2. The number of nitrogens with one attached hydrogen (secondary N) is 3. The number of urea groups is 1. The molecule has 3 aromatic rings. The number of unbranched alkanes of at least 4 members (excludes halogenated alkanes) is 4. The van der Waals surface area contributed by atoms with Crippen LogP contribution in [0.25, 0.3) is 0 Å². The number of carbonyl (C=O) groups is 2. The Kier molecular flexibility index (Phi) is 18.4. The van der Waals surface area contributed by atoms with Crippen molar-refractivity contribution in [2.75, 3.05) is 36.9 Å². The summed E-state index contributed by atoms with van der Waals surface area (Å²) in [7, 11) is 0. The van der Waals surface area contributed by atoms with Crippen molar-refractivity contribution in [1.82, 2.24) is 5.32 Å². The molecule has 0 saturated heterocycles. The number of aromatic hydroxyl groups is 1. The third kappa shape index (κ3) is 17.2. The highest BCUT2D eigenvalue weighted by Crippen LogP contribution is 2.37. The summed E-state index contributed by atoms with van der Waals surface area (Å²) in [5.41, 5.74) is -1.46. The van der Waals surface area contributed by atoms with Gasteiger partial charge < -0.3 is 41.1 Å². The molecule has 0 unspecified atom stereocenters. The fourth-order valence-electron chi connectivity index (χ4n) is 4.86. The number of aliphatic hydroxyl groups excluding tert-OH is 2. The van der Waals surface area contributed by atoms with Crippen LogP contribution in [0.5, 0.6) is 5.75 Å². The van der Waals surface area contributed by atoms with Crippen LogP contribution in [0, 0.1) is 0 Å². The van der Waals surface area contributed by atoms with Gasteiger partial charge in [-0.1, -0.05) is 31.0 Å². The fourth-order valence-corrected chi connectivity index (χ4v) is 4.86. The van der Waals surface area contributed by atoms with Crippen LogP contribution >= 0.6 is 0 Å². The molecule has 10 nitrogen and oxygen atoms in total. The van der Waals surface area contributed by atoms with Crippen LogP contribution in [0.2, 0.25) is 0 Å². The third-order valence-electron chi connectivity index (χ3n) is 7.42. The maximum absolute atomic E-state index is 13.1. The number of aliphatic carboxylic acids is 1. The minimum absolute atomic E-state index is 0.00390. The molecule has 0 radical (unpaired) electrons. The number of aliphatic hydroxyl groups is 2. The number of halogens is 6. The van der Waals surface area contributed by atoms with Crippen LogP contribution in [-0.4, -0.2) is 58.7 Å². The zero-order valence-electron chi connectivity index (χ0n) is 28.6. The quantitative estimate of drug-likeness (QED) is 0.0512. The third-order valence-corrected chi connectivity index (χ3v) is 7.42. The lowest BCUT2D eigenvalue weighted by molar-refractivity contribution is -0.143. The average molecular weight is 746 g/mol. The summed E-state index contributed by atoms with van der Waals surface area (Å²) in [6.45, 7) is 3.14. The molecule has 0 aliphatic carbocycles. The van der Waals surface area contributed by atoms with E-state index in [1.807, 2.05) is 6.07 Å². The number of carboxylic acid groups (broad SMARTS) is 1. The van der Waals surface area contributed by atoms with Crippen molar-refractivity contribution in [1.29, 1.82) is 0 Å². The van der Waals surface area contributed by atoms with Crippen molar-refractivity contribution in [3.05, 3.63) is 88.5 Å². The summed E-state index contributed by atoms with van der Waals surface area (Å²) in [5, 5.41) is 44.3. The standard InChI is InChI=1S/C34H41F6N3O5.C2H4O2/c35-33(36,37)26-18-27(34(38,39)40)20-29(19-26)43-32(47)42-28-10-7-9-23(16-28)8-3-6-15-48-14-5-2-1-4-13-41-21-31(46)24-11-12-30(45)25(17-24)22-44;1-2(3)4/h7,9-12,16-20,31,41,44-46H,1-6,8,13-15,21-22H2,(H2,42,43,47);1H3,(H,3,4)/t31-;/m0./s1. The van der Waals surface area contributed by atoms with E-state index in [0.29, 0.717) is 55.1 Å². The molecule has 0 saturated carbocycles. The first-order chi connectivity index (χ1) is 24.5. The maximum atomic E-state index is 13.1. The van der Waals surface area contributed by atoms with E-state index < -0.39 is 47.3 Å². The van der Waals surface area contributed by atoms with Gasteiger partial charge in [0.15, 0.2) is 0 Å². The molecular formula is C36H45F6N3O7. The zero-order valence-corrected chi connectivity index (χ0v) is 28.6. The van der Waals surface area contributed by atoms with E-state index in [9.17, 15) is 46.5 Å². The molecule has 52 heavy (non-hydrogen) atoms. The minimum Gasteiger partial charge on any atom is -0.508 e. The Labute approximate surface area is 297 Å². The smallest absolute Gasteiger partial charge is 0.416 e. The van der Waals surface area contributed by atoms with Crippen molar-refractivity contribution >= 4 is 23.4 Å². The Morgan fingerprint density at radius 3 is 2.00 bits per heavy atom. The topological polar surface area (TPSA) is 160 Å². The molecule has 3 rings (SSSR count). The summed E-state index contributed by atoms with van der Waals surface area (Å²) in [5.74, 6) is -0.837. The number of phenols is 1. The van der Waals surface area contributed by atoms with Crippen molar-refractivity contribution in [2.24, 2.45) is 0 Å². The molecule has 0 fully saturated rings. The van der Waals surface area contributed by atoms with Crippen LogP contribution in [0.3, 0.4) is 0 Å². The first-order valence-electron chi connectivity index (χ1n) is 16.5. The molecule has 0 aromatic heterocycles. The number of carbonyl (C=O) groups excluding carboxylic acids is 1. The number of hydrogen-bond donors (Lipinski definition) is 7. The molecule has 0 aliphatic rings. The lowest BCUT2D eigenvalue weighted by Crippen LogP contribution is -2.22. The Balaban J connectivity index is 0.00000222. The number of rotatable bonds is 18. The van der Waals surface area contributed by atoms with Gasteiger partial charge in [0.2, 0.25) is 0 Å². The zero-order chi connectivity index (χ0) is 38.7. The van der Waals surface area contributed by atoms with Gasteiger partial charge in [-0.2, -0.15) is 26.3 Å². The van der Waals surface area contributed by atoms with E-state index in [4.69, 9.17) is 14.6 Å². The molecule has 7 N–H and O–H groups in total. The number of carboxylic acids is 1. The molecule has 0 aliphatic heterocycles. The van der Waals surface area contributed by atoms with E-state index >= 15 is 0 Å². The number of benzene rings is 3. The van der Waals surface area contributed by atoms with E-state index in [1.54, 1.807) is 30.3 Å². The maximum Gasteiger partial charge on any atom is 0.416 e. The number of amides is 2. The molecule has 1 atom stereocenters. The summed E-state index contributed by atoms with van der Waals surface area (Å²) in [6.07, 6.45) is -4.60. The molecule has 2 amide bonds. The largest absolute Gasteiger partial charge is 0.508 e. The van der Waals surface area contributed by atoms with Gasteiger partial charge in [0.05, 0.1) is 23.8 Å². The Bertz CT molecular complexity index is 1520. The second-order valence-electron chi connectivity index (χ2n) is 11.8. The summed E-state index contributed by atoms with van der Waals surface area (Å²) in [4.78, 5) is 21.4. The lowest BCUT2D eigenvalue weighted by atomic mass is 10.1. The van der Waals surface area contributed by atoms with E-state index in [2.05, 4.69) is 16.0 Å². The predicted octanol–water partition coefficient (Wildman–Crippen LogP) is 7.88. The van der Waals surface area contributed by atoms with Gasteiger partial charge in [0.1, 0.15) is 5.75 Å². The number of hydrogen-bond acceptors (Lipinski definition) is 7. The van der Waals surface area contributed by atoms with Gasteiger partial charge in [-0.05, 0) is 92.2 Å². The Morgan fingerprint density at radius 2 is 1.38 bits per heavy atom. The van der Waals surface area contributed by atoms with Crippen molar-refractivity contribution in [3.8, 4) is 5.75 Å². The second-order valence-corrected chi connectivity index (χ2v) is 11.8. The second kappa shape index (κ2) is 21.9. The molecule has 0 spiro atoms. The van der Waals surface area contributed by atoms with Gasteiger partial charge in [0.25, 0.3) is 5.97 Å². The van der Waals surface area contributed by atoms with Crippen LogP contribution < -0.4 is 16.0 Å². The predicted molar refractivity (Wildman–Crippen MR) is 183 cm³/mol. The normalized spacial score (nSPS) is 12.1. The molecule has 0 heterocycles. The van der Waals surface area contributed by atoms with E-state index in [0.717, 1.165) is 57.6 Å². The molecule has 16 heteroatoms. The Morgan fingerprint density at radius 1 is 0.788 bits per heavy atom. The monoisotopic (exact) mass is 745 g/mol. The highest BCUT2D eigenvalue weighted by Gasteiger charge is 2.37. The minimum atomic E-state index is -5.02. The summed E-state index contributed by atoms with van der Waals surface area (Å²) < 4.78 is 84.3. The average Bonchev–Trinajstić information content (AvgIpc) is 3.06. The van der Waals surface area contributed by atoms with Crippen LogP contribution in [0.15, 0.2) is 60.7 Å². The Hall–Kier alpha value is -4.38. The van der Waals surface area contributed by atoms with Gasteiger partial charge >= 0.3 is 18.4 Å². The van der Waals surface area contributed by atoms with Crippen molar-refractivity contribution in [3.63, 3.8) is 0 Å². The van der Waals surface area contributed by atoms with E-state index in [-0.39, 0.29) is 18.4 Å². The highest BCUT2D eigenvalue weighted by atomic mass is 19.4. The van der Waals surface area contributed by atoms with Crippen molar-refractivity contribution < 1.29 is 61.1 Å². The lowest BCUT2D eigenvalue weighted by Gasteiger charge is -2.15. The molecule has 288 valence electrons. The number of aryl methyl sites for hydroxylation is 1. The van der Waals surface area contributed by atoms with Crippen LogP contribution in [-0.2, 0) is 34.9 Å². The van der Waals surface area contributed by atoms with Crippen LogP contribution in [0.1, 0.15) is 79.4 Å². The van der Waals surface area contributed by atoms with Gasteiger partial charge in [-0.25, -0.2) is 4.79 Å². The van der Waals surface area contributed by atoms with Gasteiger partial charge in [-0.3, -0.25) is 4.79 Å². The van der Waals surface area contributed by atoms with Gasteiger partial charge in [0, 0.05) is 43.6 Å². The van der Waals surface area contributed by atoms with Crippen LogP contribution in [0.4, 0.5) is 42.5 Å². The van der Waals surface area contributed by atoms with Gasteiger partial charge in [-0.15, -0.1) is 0 Å². The molecule has 3 aromatic carbocycles. The first-order valence-corrected chi connectivity index (χ1v) is 16.5. The SMILES string of the molecule is CC(=O)O.O=C(Nc1cccc(CCCCOCCCCCCNC[C@H](O)c2ccc(O)c(CO)c2)c1)Nc1cc(C(F)(F)F)cc(C(F)(F)F)c1. The summed E-state index contributed by atoms with van der Waals surface area (Å²) >= 11 is 0. The summed E-state index contributed by atoms with van der Waals surface area (Å²) in [6, 6.07) is 11.3. The fraction of sp³-hybridized carbons (Fsp3) is 0.444. The van der Waals surface area contributed by atoms with Crippen molar-refractivity contribution in [2.45, 2.75) is 76.9 Å². The highest BCUT2D eigenvalue weighted by molar-refractivity contribution is 5.99. The number of alkyl halides is 6. The molecule has 0 bridgehead atoms. The number of ether oxygens (including phenoxy) is 1. The van der Waals surface area contributed by atoms with E-state index in [1.165, 1.54) is 6.07 Å². The molecular weight excluding hydrogens is 700 g/mol. The first kappa shape index (κ1) is 43.8.